The van der Waals surface area contributed by atoms with E-state index < -0.39 is 0 Å². The minimum Gasteiger partial charge on any atom is -0.0688 e. The van der Waals surface area contributed by atoms with Crippen molar-refractivity contribution in [2.24, 2.45) is 5.41 Å². The highest BCUT2D eigenvalue weighted by molar-refractivity contribution is 6.14. The summed E-state index contributed by atoms with van der Waals surface area (Å²) in [6.45, 7) is 7.06. The number of rotatable bonds is 1. The monoisotopic (exact) mass is 220 g/mol. The first-order valence-corrected chi connectivity index (χ1v) is 7.26. The smallest absolute Gasteiger partial charge is 0.0688 e. The van der Waals surface area contributed by atoms with E-state index in [0.717, 1.165) is 0 Å². The second-order valence-corrected chi connectivity index (χ2v) is 6.59. The van der Waals surface area contributed by atoms with Gasteiger partial charge in [-0.1, -0.05) is 77.5 Å². The average Bonchev–Trinajstić information content (AvgIpc) is 2.24. The van der Waals surface area contributed by atoms with Crippen molar-refractivity contribution in [3.8, 4) is 0 Å². The van der Waals surface area contributed by atoms with E-state index >= 15 is 0 Å². The average molecular weight is 220 g/mol. The maximum Gasteiger partial charge on any atom is 0.0742 e. The Morgan fingerprint density at radius 1 is 0.812 bits per heavy atom. The van der Waals surface area contributed by atoms with Crippen LogP contribution in [0.3, 0.4) is 0 Å². The van der Waals surface area contributed by atoms with E-state index in [-0.39, 0.29) is 5.31 Å². The molecular weight excluding hydrogens is 191 g/mol. The molecule has 1 aliphatic carbocycles. The van der Waals surface area contributed by atoms with Crippen LogP contribution in [0.25, 0.3) is 0 Å². The zero-order chi connectivity index (χ0) is 12.1. The first-order chi connectivity index (χ1) is 7.47. The van der Waals surface area contributed by atoms with Crippen LogP contribution in [0.4, 0.5) is 0 Å². The second-order valence-electron chi connectivity index (χ2n) is 6.59. The van der Waals surface area contributed by atoms with Gasteiger partial charge in [-0.15, -0.1) is 0 Å². The predicted molar refractivity (Wildman–Crippen MR) is 74.1 cm³/mol. The lowest BCUT2D eigenvalue weighted by atomic mass is 9.64. The minimum atomic E-state index is 0.0962. The third-order valence-corrected chi connectivity index (χ3v) is 4.66. The van der Waals surface area contributed by atoms with Crippen LogP contribution in [-0.2, 0) is 0 Å². The van der Waals surface area contributed by atoms with Crippen LogP contribution in [0, 0.1) is 5.41 Å². The van der Waals surface area contributed by atoms with Crippen molar-refractivity contribution in [3.63, 3.8) is 0 Å². The highest BCUT2D eigenvalue weighted by Crippen LogP contribution is 2.40. The Hall–Kier alpha value is 0.0649. The molecule has 2 unspecified atom stereocenters. The molecule has 0 nitrogen and oxygen atoms in total. The van der Waals surface area contributed by atoms with Gasteiger partial charge >= 0.3 is 0 Å². The standard InChI is InChI=1S/C15H29B/c1-4-14(2)10-7-5-6-8-12-15(3,16)13-9-11-14/h4-13H2,1-3H3. The maximum absolute atomic E-state index is 6.35. The first-order valence-electron chi connectivity index (χ1n) is 7.26. The summed E-state index contributed by atoms with van der Waals surface area (Å²) < 4.78 is 0. The fourth-order valence-corrected chi connectivity index (χ4v) is 2.96. The molecule has 1 aliphatic rings. The third-order valence-electron chi connectivity index (χ3n) is 4.66. The Balaban J connectivity index is 2.52. The normalized spacial score (nSPS) is 38.9. The van der Waals surface area contributed by atoms with Crippen LogP contribution < -0.4 is 0 Å². The van der Waals surface area contributed by atoms with Crippen molar-refractivity contribution < 1.29 is 0 Å². The summed E-state index contributed by atoms with van der Waals surface area (Å²) in [4.78, 5) is 0. The van der Waals surface area contributed by atoms with E-state index in [2.05, 4.69) is 20.8 Å². The van der Waals surface area contributed by atoms with E-state index in [0.29, 0.717) is 5.41 Å². The van der Waals surface area contributed by atoms with Gasteiger partial charge in [-0.2, -0.15) is 0 Å². The van der Waals surface area contributed by atoms with Crippen molar-refractivity contribution in [1.29, 1.82) is 0 Å². The second kappa shape index (κ2) is 6.12. The molecule has 0 spiro atoms. The third kappa shape index (κ3) is 4.93. The molecule has 0 aromatic heterocycles. The Bertz CT molecular complexity index is 198. The molecule has 0 aliphatic heterocycles. The van der Waals surface area contributed by atoms with Gasteiger partial charge < -0.3 is 0 Å². The quantitative estimate of drug-likeness (QED) is 0.528. The SMILES string of the molecule is [B]C1(C)CCCCCCC(C)(CC)CCC1. The van der Waals surface area contributed by atoms with Gasteiger partial charge in [0.25, 0.3) is 0 Å². The molecule has 1 saturated carbocycles. The molecule has 92 valence electrons. The molecule has 0 heterocycles. The molecule has 0 N–H and O–H groups in total. The van der Waals surface area contributed by atoms with Gasteiger partial charge in [-0.25, -0.2) is 0 Å². The van der Waals surface area contributed by atoms with E-state index in [1.165, 1.54) is 64.2 Å². The molecule has 1 rings (SSSR count). The van der Waals surface area contributed by atoms with Crippen LogP contribution in [0.1, 0.15) is 85.0 Å². The molecule has 2 atom stereocenters. The van der Waals surface area contributed by atoms with Crippen molar-refractivity contribution in [2.45, 2.75) is 90.3 Å². The highest BCUT2D eigenvalue weighted by atomic mass is 14.3. The number of hydrogen-bond acceptors (Lipinski definition) is 0. The molecule has 1 fully saturated rings. The van der Waals surface area contributed by atoms with Gasteiger partial charge in [-0.05, 0) is 18.3 Å². The summed E-state index contributed by atoms with van der Waals surface area (Å²) in [7, 11) is 6.35. The lowest BCUT2D eigenvalue weighted by Crippen LogP contribution is -2.16. The topological polar surface area (TPSA) is 0 Å². The fraction of sp³-hybridized carbons (Fsp3) is 1.00. The van der Waals surface area contributed by atoms with E-state index in [4.69, 9.17) is 7.85 Å². The van der Waals surface area contributed by atoms with Crippen LogP contribution in [0.2, 0.25) is 5.31 Å². The Morgan fingerprint density at radius 3 is 1.94 bits per heavy atom. The maximum atomic E-state index is 6.35. The van der Waals surface area contributed by atoms with Crippen LogP contribution >= 0.6 is 0 Å². The summed E-state index contributed by atoms with van der Waals surface area (Å²) in [5, 5.41) is 0.0962. The van der Waals surface area contributed by atoms with E-state index in [1.54, 1.807) is 0 Å². The van der Waals surface area contributed by atoms with Gasteiger partial charge in [0.2, 0.25) is 0 Å². The van der Waals surface area contributed by atoms with Gasteiger partial charge in [0, 0.05) is 0 Å². The van der Waals surface area contributed by atoms with Gasteiger partial charge in [0.15, 0.2) is 0 Å². The lowest BCUT2D eigenvalue weighted by Gasteiger charge is -2.30. The zero-order valence-corrected chi connectivity index (χ0v) is 11.6. The van der Waals surface area contributed by atoms with Gasteiger partial charge in [0.1, 0.15) is 0 Å². The minimum absolute atomic E-state index is 0.0962. The van der Waals surface area contributed by atoms with Gasteiger partial charge in [-0.3, -0.25) is 0 Å². The van der Waals surface area contributed by atoms with E-state index in [1.807, 2.05) is 0 Å². The molecule has 0 aromatic carbocycles. The molecule has 0 bridgehead atoms. The molecule has 0 amide bonds. The molecule has 2 radical (unpaired) electrons. The largest absolute Gasteiger partial charge is 0.0742 e. The lowest BCUT2D eigenvalue weighted by molar-refractivity contribution is 0.241. The summed E-state index contributed by atoms with van der Waals surface area (Å²) in [6.07, 6.45) is 13.4. The Morgan fingerprint density at radius 2 is 1.31 bits per heavy atom. The highest BCUT2D eigenvalue weighted by Gasteiger charge is 2.24. The predicted octanol–water partition coefficient (Wildman–Crippen LogP) is 5.27. The summed E-state index contributed by atoms with van der Waals surface area (Å²) in [6, 6.07) is 0. The van der Waals surface area contributed by atoms with Crippen LogP contribution in [0.15, 0.2) is 0 Å². The Kier molecular flexibility index (Phi) is 5.40. The molecule has 1 heteroatoms. The van der Waals surface area contributed by atoms with Crippen molar-refractivity contribution in [1.82, 2.24) is 0 Å². The van der Waals surface area contributed by atoms with E-state index in [9.17, 15) is 0 Å². The van der Waals surface area contributed by atoms with Crippen molar-refractivity contribution in [3.05, 3.63) is 0 Å². The summed E-state index contributed by atoms with van der Waals surface area (Å²) in [5.41, 5.74) is 0.584. The van der Waals surface area contributed by atoms with Gasteiger partial charge in [0.05, 0.1) is 7.85 Å². The number of hydrogen-bond donors (Lipinski definition) is 0. The van der Waals surface area contributed by atoms with Crippen LogP contribution in [-0.4, -0.2) is 7.85 Å². The summed E-state index contributed by atoms with van der Waals surface area (Å²) in [5.74, 6) is 0. The molecule has 0 aromatic rings. The zero-order valence-electron chi connectivity index (χ0n) is 11.6. The summed E-state index contributed by atoms with van der Waals surface area (Å²) >= 11 is 0. The molecule has 16 heavy (non-hydrogen) atoms. The first kappa shape index (κ1) is 14.1. The van der Waals surface area contributed by atoms with Crippen molar-refractivity contribution in [2.75, 3.05) is 0 Å². The molecule has 0 saturated heterocycles. The fourth-order valence-electron chi connectivity index (χ4n) is 2.96. The van der Waals surface area contributed by atoms with Crippen LogP contribution in [0.5, 0.6) is 0 Å². The molecular formula is C15H29B. The van der Waals surface area contributed by atoms with Crippen molar-refractivity contribution >= 4 is 7.85 Å². The Labute approximate surface area is 104 Å².